The Labute approximate surface area is 141 Å². The molecule has 1 N–H and O–H groups in total. The second kappa shape index (κ2) is 5.36. The second-order valence-electron chi connectivity index (χ2n) is 6.98. The van der Waals surface area contributed by atoms with E-state index in [1.54, 1.807) is 9.80 Å². The molecule has 5 nitrogen and oxygen atoms in total. The molecule has 3 atom stereocenters. The quantitative estimate of drug-likeness (QED) is 0.923. The Morgan fingerprint density at radius 1 is 1.29 bits per heavy atom. The fourth-order valence-electron chi connectivity index (χ4n) is 4.18. The molecule has 126 valence electrons. The van der Waals surface area contributed by atoms with E-state index < -0.39 is 0 Å². The van der Waals surface area contributed by atoms with Crippen molar-refractivity contribution in [1.82, 2.24) is 14.8 Å². The molecule has 2 aromatic rings. The Hall–Kier alpha value is -2.30. The standard InChI is InChI=1S/C19H23N3O2/c1-4-11(2)21-10-17(23)22-12(3)18-14(9-16(22)19(21)24)13-7-5-6-8-15(13)20-18/h5-8,11-12,16,20H,4,9-10H2,1-3H3/t11-,12+,16-/m1/s1. The zero-order valence-electron chi connectivity index (χ0n) is 14.4. The average molecular weight is 325 g/mol. The van der Waals surface area contributed by atoms with Crippen molar-refractivity contribution in [2.24, 2.45) is 0 Å². The molecule has 0 saturated carbocycles. The van der Waals surface area contributed by atoms with Crippen molar-refractivity contribution in [1.29, 1.82) is 0 Å². The van der Waals surface area contributed by atoms with Gasteiger partial charge in [-0.05, 0) is 31.9 Å². The molecule has 2 amide bonds. The van der Waals surface area contributed by atoms with E-state index in [2.05, 4.69) is 24.0 Å². The Balaban J connectivity index is 1.80. The molecule has 2 aliphatic rings. The maximum atomic E-state index is 13.0. The maximum Gasteiger partial charge on any atom is 0.246 e. The number of aromatic nitrogens is 1. The summed E-state index contributed by atoms with van der Waals surface area (Å²) in [7, 11) is 0. The minimum atomic E-state index is -0.373. The number of hydrogen-bond acceptors (Lipinski definition) is 2. The third kappa shape index (κ3) is 2.00. The molecule has 5 heteroatoms. The number of fused-ring (bicyclic) bond motifs is 4. The van der Waals surface area contributed by atoms with Gasteiger partial charge in [0.15, 0.2) is 0 Å². The van der Waals surface area contributed by atoms with E-state index >= 15 is 0 Å². The number of carbonyl (C=O) groups is 2. The van der Waals surface area contributed by atoms with Crippen LogP contribution < -0.4 is 0 Å². The summed E-state index contributed by atoms with van der Waals surface area (Å²) in [6, 6.07) is 7.80. The molecule has 24 heavy (non-hydrogen) atoms. The molecule has 0 radical (unpaired) electrons. The van der Waals surface area contributed by atoms with Crippen LogP contribution in [0.3, 0.4) is 0 Å². The van der Waals surface area contributed by atoms with E-state index in [4.69, 9.17) is 0 Å². The van der Waals surface area contributed by atoms with Gasteiger partial charge in [0.05, 0.1) is 6.04 Å². The summed E-state index contributed by atoms with van der Waals surface area (Å²) in [5, 5.41) is 1.17. The first-order chi connectivity index (χ1) is 11.5. The molecule has 1 aromatic heterocycles. The third-order valence-electron chi connectivity index (χ3n) is 5.70. The summed E-state index contributed by atoms with van der Waals surface area (Å²) in [6.07, 6.45) is 1.46. The molecule has 1 saturated heterocycles. The van der Waals surface area contributed by atoms with Gasteiger partial charge in [-0.1, -0.05) is 25.1 Å². The largest absolute Gasteiger partial charge is 0.356 e. The molecule has 0 aliphatic carbocycles. The summed E-state index contributed by atoms with van der Waals surface area (Å²) in [5.74, 6) is 0.142. The minimum absolute atomic E-state index is 0.0525. The molecule has 2 aliphatic heterocycles. The van der Waals surface area contributed by atoms with Gasteiger partial charge in [-0.2, -0.15) is 0 Å². The molecule has 1 fully saturated rings. The van der Waals surface area contributed by atoms with Gasteiger partial charge in [0.1, 0.15) is 12.6 Å². The van der Waals surface area contributed by atoms with Gasteiger partial charge in [-0.15, -0.1) is 0 Å². The molecular formula is C19H23N3O2. The van der Waals surface area contributed by atoms with Gasteiger partial charge in [0.25, 0.3) is 0 Å². The number of nitrogens with one attached hydrogen (secondary N) is 1. The molecular weight excluding hydrogens is 302 g/mol. The van der Waals surface area contributed by atoms with E-state index in [0.29, 0.717) is 6.42 Å². The highest BCUT2D eigenvalue weighted by molar-refractivity contribution is 5.97. The van der Waals surface area contributed by atoms with Crippen molar-refractivity contribution in [3.05, 3.63) is 35.5 Å². The van der Waals surface area contributed by atoms with Crippen LogP contribution in [-0.2, 0) is 16.0 Å². The van der Waals surface area contributed by atoms with Crippen molar-refractivity contribution in [3.8, 4) is 0 Å². The fraction of sp³-hybridized carbons (Fsp3) is 0.474. The first kappa shape index (κ1) is 15.2. The van der Waals surface area contributed by atoms with Gasteiger partial charge < -0.3 is 14.8 Å². The number of rotatable bonds is 2. The van der Waals surface area contributed by atoms with Gasteiger partial charge in [-0.25, -0.2) is 0 Å². The molecule has 4 rings (SSSR count). The Morgan fingerprint density at radius 2 is 2.04 bits per heavy atom. The topological polar surface area (TPSA) is 56.4 Å². The first-order valence-electron chi connectivity index (χ1n) is 8.74. The lowest BCUT2D eigenvalue weighted by molar-refractivity contribution is -0.161. The van der Waals surface area contributed by atoms with Crippen molar-refractivity contribution in [2.45, 2.75) is 51.7 Å². The highest BCUT2D eigenvalue weighted by atomic mass is 16.2. The lowest BCUT2D eigenvalue weighted by Crippen LogP contribution is -2.64. The minimum Gasteiger partial charge on any atom is -0.356 e. The normalized spacial score (nSPS) is 25.0. The number of benzene rings is 1. The number of para-hydroxylation sites is 1. The zero-order valence-corrected chi connectivity index (χ0v) is 14.4. The van der Waals surface area contributed by atoms with Crippen LogP contribution in [0.15, 0.2) is 24.3 Å². The summed E-state index contributed by atoms with van der Waals surface area (Å²) < 4.78 is 0. The van der Waals surface area contributed by atoms with E-state index in [1.807, 2.05) is 26.0 Å². The number of piperazine rings is 1. The van der Waals surface area contributed by atoms with E-state index in [1.165, 1.54) is 10.9 Å². The molecule has 0 spiro atoms. The smallest absolute Gasteiger partial charge is 0.246 e. The predicted octanol–water partition coefficient (Wildman–Crippen LogP) is 2.62. The van der Waals surface area contributed by atoms with Crippen molar-refractivity contribution < 1.29 is 9.59 Å². The van der Waals surface area contributed by atoms with Crippen LogP contribution in [0.5, 0.6) is 0 Å². The fourth-order valence-corrected chi connectivity index (χ4v) is 4.18. The Morgan fingerprint density at radius 3 is 2.79 bits per heavy atom. The summed E-state index contributed by atoms with van der Waals surface area (Å²) in [4.78, 5) is 32.8. The van der Waals surface area contributed by atoms with Crippen LogP contribution in [-0.4, -0.2) is 45.2 Å². The Bertz CT molecular complexity index is 825. The van der Waals surface area contributed by atoms with E-state index in [-0.39, 0.29) is 36.5 Å². The highest BCUT2D eigenvalue weighted by Gasteiger charge is 2.46. The Kier molecular flexibility index (Phi) is 3.41. The number of H-pyrrole nitrogens is 1. The lowest BCUT2D eigenvalue weighted by Gasteiger charge is -2.47. The number of carbonyl (C=O) groups excluding carboxylic acids is 2. The third-order valence-corrected chi connectivity index (χ3v) is 5.70. The molecule has 0 bridgehead atoms. The molecule has 1 aromatic carbocycles. The SMILES string of the molecule is CC[C@@H](C)N1CC(=O)N2[C@H](Cc3c([nH]c4ccccc34)[C@@H]2C)C1=O. The summed E-state index contributed by atoms with van der Waals surface area (Å²) in [6.45, 7) is 6.29. The maximum absolute atomic E-state index is 13.0. The number of amides is 2. The van der Waals surface area contributed by atoms with Gasteiger partial charge in [0, 0.05) is 29.1 Å². The lowest BCUT2D eigenvalue weighted by atomic mass is 9.89. The van der Waals surface area contributed by atoms with Crippen LogP contribution in [0, 0.1) is 0 Å². The van der Waals surface area contributed by atoms with Crippen LogP contribution >= 0.6 is 0 Å². The molecule has 3 heterocycles. The second-order valence-corrected chi connectivity index (χ2v) is 6.98. The average Bonchev–Trinajstić information content (AvgIpc) is 2.96. The van der Waals surface area contributed by atoms with Crippen molar-refractivity contribution >= 4 is 22.7 Å². The van der Waals surface area contributed by atoms with E-state index in [9.17, 15) is 9.59 Å². The van der Waals surface area contributed by atoms with Crippen molar-refractivity contribution in [3.63, 3.8) is 0 Å². The zero-order chi connectivity index (χ0) is 17.0. The van der Waals surface area contributed by atoms with Crippen LogP contribution in [0.2, 0.25) is 0 Å². The van der Waals surface area contributed by atoms with Crippen LogP contribution in [0.25, 0.3) is 10.9 Å². The number of hydrogen-bond donors (Lipinski definition) is 1. The van der Waals surface area contributed by atoms with Crippen molar-refractivity contribution in [2.75, 3.05) is 6.54 Å². The summed E-state index contributed by atoms with van der Waals surface area (Å²) in [5.41, 5.74) is 3.34. The predicted molar refractivity (Wildman–Crippen MR) is 92.5 cm³/mol. The van der Waals surface area contributed by atoms with E-state index in [0.717, 1.165) is 17.6 Å². The molecule has 0 unspecified atom stereocenters. The highest BCUT2D eigenvalue weighted by Crippen LogP contribution is 2.39. The van der Waals surface area contributed by atoms with Gasteiger partial charge in [0.2, 0.25) is 11.8 Å². The van der Waals surface area contributed by atoms with Gasteiger partial charge in [-0.3, -0.25) is 9.59 Å². The van der Waals surface area contributed by atoms with Crippen LogP contribution in [0.1, 0.15) is 44.5 Å². The monoisotopic (exact) mass is 325 g/mol. The summed E-state index contributed by atoms with van der Waals surface area (Å²) >= 11 is 0. The van der Waals surface area contributed by atoms with Crippen LogP contribution in [0.4, 0.5) is 0 Å². The first-order valence-corrected chi connectivity index (χ1v) is 8.74. The number of nitrogens with zero attached hydrogens (tertiary/aromatic N) is 2. The number of aromatic amines is 1. The van der Waals surface area contributed by atoms with Gasteiger partial charge >= 0.3 is 0 Å².